The third kappa shape index (κ3) is 3.78. The topological polar surface area (TPSA) is 30.9 Å². The van der Waals surface area contributed by atoms with Gasteiger partial charge >= 0.3 is 6.18 Å². The van der Waals surface area contributed by atoms with Gasteiger partial charge in [-0.1, -0.05) is 13.8 Å². The Balaban J connectivity index is 1.98. The molecule has 1 unspecified atom stereocenters. The standard InChI is InChI=1S/C15H23F3N2/c1-14(2)9-12(19)11-5-8-20(13(11)10-14)7-4-3-6-15(16,17)18/h5,8,12H,3-4,6-7,9-10,19H2,1-2H3. The molecule has 0 amide bonds. The molecule has 114 valence electrons. The SMILES string of the molecule is CC1(C)Cc2c(ccn2CCCCC(F)(F)F)C(N)C1. The largest absolute Gasteiger partial charge is 0.389 e. The van der Waals surface area contributed by atoms with E-state index in [2.05, 4.69) is 18.4 Å². The third-order valence-corrected chi connectivity index (χ3v) is 4.04. The van der Waals surface area contributed by atoms with Crippen molar-refractivity contribution in [1.82, 2.24) is 4.57 Å². The minimum Gasteiger partial charge on any atom is -0.351 e. The van der Waals surface area contributed by atoms with E-state index in [1.165, 1.54) is 11.3 Å². The minimum atomic E-state index is -4.04. The first-order chi connectivity index (χ1) is 9.18. The van der Waals surface area contributed by atoms with Crippen LogP contribution in [-0.4, -0.2) is 10.7 Å². The van der Waals surface area contributed by atoms with Crippen molar-refractivity contribution in [3.05, 3.63) is 23.5 Å². The van der Waals surface area contributed by atoms with E-state index >= 15 is 0 Å². The van der Waals surface area contributed by atoms with Gasteiger partial charge in [-0.25, -0.2) is 0 Å². The molecule has 0 spiro atoms. The van der Waals surface area contributed by atoms with Crippen molar-refractivity contribution in [3.63, 3.8) is 0 Å². The first-order valence-corrected chi connectivity index (χ1v) is 7.18. The highest BCUT2D eigenvalue weighted by molar-refractivity contribution is 5.30. The Labute approximate surface area is 118 Å². The zero-order valence-corrected chi connectivity index (χ0v) is 12.1. The summed E-state index contributed by atoms with van der Waals surface area (Å²) in [6.45, 7) is 5.03. The van der Waals surface area contributed by atoms with Gasteiger partial charge in [0.15, 0.2) is 0 Å². The molecule has 1 aliphatic carbocycles. The number of aryl methyl sites for hydroxylation is 1. The normalized spacial score (nSPS) is 21.8. The molecule has 0 saturated carbocycles. The summed E-state index contributed by atoms with van der Waals surface area (Å²) in [6, 6.07) is 2.07. The highest BCUT2D eigenvalue weighted by Gasteiger charge is 2.32. The molecular formula is C15H23F3N2. The van der Waals surface area contributed by atoms with Crippen molar-refractivity contribution in [3.8, 4) is 0 Å². The highest BCUT2D eigenvalue weighted by atomic mass is 19.4. The van der Waals surface area contributed by atoms with Crippen LogP contribution in [0.3, 0.4) is 0 Å². The maximum absolute atomic E-state index is 12.1. The van der Waals surface area contributed by atoms with Crippen LogP contribution in [0, 0.1) is 5.41 Å². The molecule has 1 aliphatic rings. The number of fused-ring (bicyclic) bond motifs is 1. The van der Waals surface area contributed by atoms with E-state index in [1.54, 1.807) is 0 Å². The van der Waals surface area contributed by atoms with Crippen LogP contribution >= 0.6 is 0 Å². The Morgan fingerprint density at radius 2 is 2.05 bits per heavy atom. The van der Waals surface area contributed by atoms with Gasteiger partial charge in [0.05, 0.1) is 0 Å². The van der Waals surface area contributed by atoms with E-state index in [0.29, 0.717) is 13.0 Å². The summed E-state index contributed by atoms with van der Waals surface area (Å²) in [7, 11) is 0. The summed E-state index contributed by atoms with van der Waals surface area (Å²) in [5.41, 5.74) is 8.72. The average molecular weight is 288 g/mol. The Morgan fingerprint density at radius 3 is 2.70 bits per heavy atom. The molecule has 5 heteroatoms. The Bertz CT molecular complexity index is 460. The number of hydrogen-bond acceptors (Lipinski definition) is 1. The average Bonchev–Trinajstić information content (AvgIpc) is 2.65. The van der Waals surface area contributed by atoms with Crippen LogP contribution in [0.5, 0.6) is 0 Å². The van der Waals surface area contributed by atoms with E-state index in [4.69, 9.17) is 5.73 Å². The van der Waals surface area contributed by atoms with Crippen LogP contribution in [0.15, 0.2) is 12.3 Å². The summed E-state index contributed by atoms with van der Waals surface area (Å²) < 4.78 is 38.5. The molecular weight excluding hydrogens is 265 g/mol. The van der Waals surface area contributed by atoms with Crippen molar-refractivity contribution >= 4 is 0 Å². The van der Waals surface area contributed by atoms with Crippen molar-refractivity contribution in [2.75, 3.05) is 0 Å². The van der Waals surface area contributed by atoms with E-state index in [-0.39, 0.29) is 17.9 Å². The molecule has 2 N–H and O–H groups in total. The summed E-state index contributed by atoms with van der Waals surface area (Å²) >= 11 is 0. The molecule has 1 atom stereocenters. The van der Waals surface area contributed by atoms with E-state index in [1.807, 2.05) is 12.3 Å². The zero-order chi connectivity index (χ0) is 15.0. The molecule has 0 aliphatic heterocycles. The molecule has 0 aromatic carbocycles. The lowest BCUT2D eigenvalue weighted by Gasteiger charge is -2.34. The fraction of sp³-hybridized carbons (Fsp3) is 0.733. The minimum absolute atomic E-state index is 0.0465. The van der Waals surface area contributed by atoms with Crippen molar-refractivity contribution < 1.29 is 13.2 Å². The maximum atomic E-state index is 12.1. The molecule has 20 heavy (non-hydrogen) atoms. The highest BCUT2D eigenvalue weighted by Crippen LogP contribution is 2.40. The predicted octanol–water partition coefficient (Wildman–Crippen LogP) is 4.19. The second-order valence-corrected chi connectivity index (χ2v) is 6.64. The number of alkyl halides is 3. The number of hydrogen-bond donors (Lipinski definition) is 1. The van der Waals surface area contributed by atoms with Gasteiger partial charge in [0, 0.05) is 30.9 Å². The van der Waals surface area contributed by atoms with Gasteiger partial charge in [0.25, 0.3) is 0 Å². The first-order valence-electron chi connectivity index (χ1n) is 7.18. The second kappa shape index (κ2) is 5.43. The number of halogens is 3. The molecule has 1 heterocycles. The van der Waals surface area contributed by atoms with Gasteiger partial charge in [-0.3, -0.25) is 0 Å². The molecule has 2 rings (SSSR count). The molecule has 0 radical (unpaired) electrons. The molecule has 1 aromatic rings. The van der Waals surface area contributed by atoms with Crippen molar-refractivity contribution in [1.29, 1.82) is 0 Å². The Morgan fingerprint density at radius 1 is 1.35 bits per heavy atom. The van der Waals surface area contributed by atoms with Gasteiger partial charge in [0.1, 0.15) is 0 Å². The van der Waals surface area contributed by atoms with Crippen LogP contribution in [-0.2, 0) is 13.0 Å². The van der Waals surface area contributed by atoms with Gasteiger partial charge in [0.2, 0.25) is 0 Å². The summed E-state index contributed by atoms with van der Waals surface area (Å²) in [5, 5.41) is 0. The number of nitrogens with zero attached hydrogens (tertiary/aromatic N) is 1. The fourth-order valence-corrected chi connectivity index (χ4v) is 3.11. The maximum Gasteiger partial charge on any atom is 0.389 e. The number of unbranched alkanes of at least 4 members (excludes halogenated alkanes) is 1. The van der Waals surface area contributed by atoms with E-state index in [9.17, 15) is 13.2 Å². The molecule has 2 nitrogen and oxygen atoms in total. The molecule has 1 aromatic heterocycles. The van der Waals surface area contributed by atoms with Gasteiger partial charge in [-0.15, -0.1) is 0 Å². The van der Waals surface area contributed by atoms with Crippen LogP contribution in [0.25, 0.3) is 0 Å². The second-order valence-electron chi connectivity index (χ2n) is 6.64. The summed E-state index contributed by atoms with van der Waals surface area (Å²) in [6.07, 6.45) is -0.121. The molecule has 0 saturated heterocycles. The molecule has 0 fully saturated rings. The van der Waals surface area contributed by atoms with E-state index < -0.39 is 12.6 Å². The lowest BCUT2D eigenvalue weighted by molar-refractivity contribution is -0.135. The summed E-state index contributed by atoms with van der Waals surface area (Å²) in [4.78, 5) is 0. The van der Waals surface area contributed by atoms with E-state index in [0.717, 1.165) is 12.8 Å². The Hall–Kier alpha value is -0.970. The van der Waals surface area contributed by atoms with Gasteiger partial charge < -0.3 is 10.3 Å². The van der Waals surface area contributed by atoms with Crippen LogP contribution in [0.1, 0.15) is 56.8 Å². The first kappa shape index (κ1) is 15.4. The third-order valence-electron chi connectivity index (χ3n) is 4.04. The van der Waals surface area contributed by atoms with Crippen LogP contribution in [0.4, 0.5) is 13.2 Å². The number of nitrogens with two attached hydrogens (primary N) is 1. The lowest BCUT2D eigenvalue weighted by atomic mass is 9.74. The van der Waals surface area contributed by atoms with Crippen LogP contribution < -0.4 is 5.73 Å². The quantitative estimate of drug-likeness (QED) is 0.827. The van der Waals surface area contributed by atoms with Crippen molar-refractivity contribution in [2.24, 2.45) is 11.1 Å². The zero-order valence-electron chi connectivity index (χ0n) is 12.1. The van der Waals surface area contributed by atoms with Crippen molar-refractivity contribution in [2.45, 2.75) is 64.7 Å². The van der Waals surface area contributed by atoms with Gasteiger partial charge in [-0.2, -0.15) is 13.2 Å². The molecule has 0 bridgehead atoms. The summed E-state index contributed by atoms with van der Waals surface area (Å²) in [5.74, 6) is 0. The monoisotopic (exact) mass is 288 g/mol. The van der Waals surface area contributed by atoms with Crippen LogP contribution in [0.2, 0.25) is 0 Å². The van der Waals surface area contributed by atoms with Gasteiger partial charge in [-0.05, 0) is 42.7 Å². The predicted molar refractivity (Wildman–Crippen MR) is 73.4 cm³/mol. The fourth-order valence-electron chi connectivity index (χ4n) is 3.11. The lowest BCUT2D eigenvalue weighted by Crippen LogP contribution is -2.30. The number of aromatic nitrogens is 1. The smallest absolute Gasteiger partial charge is 0.351 e. The Kier molecular flexibility index (Phi) is 4.19. The number of rotatable bonds is 4.